The van der Waals surface area contributed by atoms with E-state index in [0.717, 1.165) is 22.3 Å². The molecule has 2 aliphatic carbocycles. The molecule has 0 fully saturated rings. The van der Waals surface area contributed by atoms with Crippen molar-refractivity contribution in [1.29, 1.82) is 1.12 Å². The van der Waals surface area contributed by atoms with Gasteiger partial charge in [-0.2, -0.15) is 0 Å². The SMILES string of the molecule is [3H]SOCC(=O)OCC1C2=CC(NC(=O)CCCC(=O)NCCOC)=CCC2c2ccc(CC(=O)CCCC(=O)CCCOC)cc21. The van der Waals surface area contributed by atoms with Crippen LogP contribution < -0.4 is 10.6 Å². The van der Waals surface area contributed by atoms with E-state index in [1.807, 2.05) is 30.4 Å². The van der Waals surface area contributed by atoms with Gasteiger partial charge in [-0.3, -0.25) is 19.2 Å². The zero-order valence-electron chi connectivity index (χ0n) is 27.7. The number of ether oxygens (including phenoxy) is 3. The lowest BCUT2D eigenvalue weighted by atomic mass is 9.87. The van der Waals surface area contributed by atoms with Crippen molar-refractivity contribution in [1.82, 2.24) is 10.6 Å². The third-order valence-corrected chi connectivity index (χ3v) is 8.14. The number of methoxy groups -OCH3 is 2. The number of carbonyl (C=O) groups is 5. The number of nitrogens with one attached hydrogen (secondary N) is 2. The van der Waals surface area contributed by atoms with Gasteiger partial charge in [0.1, 0.15) is 19.3 Å². The smallest absolute Gasteiger partial charge is 0.333 e. The molecular weight excluding hydrogens is 612 g/mol. The molecule has 1 aromatic carbocycles. The molecule has 0 aliphatic heterocycles. The lowest BCUT2D eigenvalue weighted by Crippen LogP contribution is -2.27. The normalized spacial score (nSPS) is 16.8. The third-order valence-electron chi connectivity index (χ3n) is 8.03. The van der Waals surface area contributed by atoms with Gasteiger partial charge < -0.3 is 29.0 Å². The van der Waals surface area contributed by atoms with Crippen LogP contribution in [-0.4, -0.2) is 77.7 Å². The van der Waals surface area contributed by atoms with Crippen molar-refractivity contribution < 1.29 is 42.4 Å². The Labute approximate surface area is 277 Å². The molecule has 0 bridgehead atoms. The van der Waals surface area contributed by atoms with Crippen LogP contribution in [0.1, 0.15) is 86.3 Å². The highest BCUT2D eigenvalue weighted by atomic mass is 32.1. The molecule has 2 aliphatic rings. The van der Waals surface area contributed by atoms with Crippen molar-refractivity contribution in [3.8, 4) is 0 Å². The quantitative estimate of drug-likeness (QED) is 0.0690. The Bertz CT molecular complexity index is 1320. The molecule has 0 radical (unpaired) electrons. The second kappa shape index (κ2) is 20.0. The molecule has 2 unspecified atom stereocenters. The molecule has 46 heavy (non-hydrogen) atoms. The molecule has 0 heterocycles. The number of ketones is 2. The van der Waals surface area contributed by atoms with Crippen molar-refractivity contribution in [2.45, 2.75) is 76.0 Å². The zero-order valence-corrected chi connectivity index (χ0v) is 27.5. The van der Waals surface area contributed by atoms with Gasteiger partial charge in [-0.15, -0.1) is 0 Å². The van der Waals surface area contributed by atoms with Gasteiger partial charge in [0.05, 0.1) is 6.61 Å². The summed E-state index contributed by atoms with van der Waals surface area (Å²) in [5, 5.41) is 5.68. The second-order valence-electron chi connectivity index (χ2n) is 11.5. The average Bonchev–Trinajstić information content (AvgIpc) is 3.34. The first-order valence-electron chi connectivity index (χ1n) is 16.2. The van der Waals surface area contributed by atoms with E-state index in [0.29, 0.717) is 83.2 Å². The van der Waals surface area contributed by atoms with Crippen LogP contribution in [0.15, 0.2) is 41.6 Å². The number of rotatable bonds is 23. The number of esters is 1. The van der Waals surface area contributed by atoms with Crippen molar-refractivity contribution in [3.63, 3.8) is 0 Å². The van der Waals surface area contributed by atoms with Crippen LogP contribution in [0.4, 0.5) is 0 Å². The fourth-order valence-corrected chi connectivity index (χ4v) is 5.89. The summed E-state index contributed by atoms with van der Waals surface area (Å²) in [5.74, 6) is -0.997. The monoisotopic (exact) mass is 660 g/mol. The maximum atomic E-state index is 12.8. The number of hydrogen-bond donors (Lipinski definition) is 3. The number of thiol groups is 1. The molecule has 252 valence electrons. The van der Waals surface area contributed by atoms with Gasteiger partial charge >= 0.3 is 5.97 Å². The van der Waals surface area contributed by atoms with Gasteiger partial charge in [0.2, 0.25) is 11.8 Å². The van der Waals surface area contributed by atoms with E-state index in [2.05, 4.69) is 10.6 Å². The van der Waals surface area contributed by atoms with Crippen LogP contribution in [-0.2, 0) is 48.8 Å². The van der Waals surface area contributed by atoms with Crippen LogP contribution in [0, 0.1) is 0 Å². The van der Waals surface area contributed by atoms with Gasteiger partial charge in [0.25, 0.3) is 0 Å². The Morgan fingerprint density at radius 2 is 1.65 bits per heavy atom. The summed E-state index contributed by atoms with van der Waals surface area (Å²) in [6.07, 6.45) is 7.95. The number of amides is 2. The van der Waals surface area contributed by atoms with E-state index in [-0.39, 0.29) is 67.7 Å². The number of hydrogen-bond acceptors (Lipinski definition) is 10. The first kappa shape index (κ1) is 35.5. The lowest BCUT2D eigenvalue weighted by Gasteiger charge is -2.22. The summed E-state index contributed by atoms with van der Waals surface area (Å²) < 4.78 is 27.3. The summed E-state index contributed by atoms with van der Waals surface area (Å²) in [6.45, 7) is 1.08. The number of carbonyl (C=O) groups excluding carboxylic acids is 5. The van der Waals surface area contributed by atoms with Crippen LogP contribution in [0.3, 0.4) is 0 Å². The molecule has 12 heteroatoms. The Balaban J connectivity index is 1.64. The Hall–Kier alpha value is -3.32. The number of allylic oxidation sites excluding steroid dienone is 2. The van der Waals surface area contributed by atoms with E-state index >= 15 is 0 Å². The highest BCUT2D eigenvalue weighted by Gasteiger charge is 2.38. The summed E-state index contributed by atoms with van der Waals surface area (Å²) >= 11 is 0.338. The minimum Gasteiger partial charge on any atom is -0.463 e. The summed E-state index contributed by atoms with van der Waals surface area (Å²) in [4.78, 5) is 61.7. The molecule has 2 atom stereocenters. The molecule has 11 nitrogen and oxygen atoms in total. The van der Waals surface area contributed by atoms with Gasteiger partial charge in [-0.25, -0.2) is 4.79 Å². The van der Waals surface area contributed by atoms with E-state index in [1.165, 1.54) is 0 Å². The largest absolute Gasteiger partial charge is 0.463 e. The predicted octanol–water partition coefficient (Wildman–Crippen LogP) is 3.81. The summed E-state index contributed by atoms with van der Waals surface area (Å²) in [7, 11) is 3.16. The van der Waals surface area contributed by atoms with Gasteiger partial charge in [0, 0.05) is 83.4 Å². The molecule has 1 aromatic rings. The Morgan fingerprint density at radius 1 is 0.913 bits per heavy atom. The van der Waals surface area contributed by atoms with Crippen molar-refractivity contribution in [2.24, 2.45) is 0 Å². The number of benzene rings is 1. The molecule has 0 aromatic heterocycles. The predicted molar refractivity (Wildman–Crippen MR) is 174 cm³/mol. The van der Waals surface area contributed by atoms with Crippen molar-refractivity contribution >= 4 is 42.2 Å². The molecule has 0 saturated heterocycles. The Kier molecular flexibility index (Phi) is 15.5. The van der Waals surface area contributed by atoms with Crippen LogP contribution in [0.5, 0.6) is 0 Å². The summed E-state index contributed by atoms with van der Waals surface area (Å²) in [6, 6.07) is 5.96. The Morgan fingerprint density at radius 3 is 2.43 bits per heavy atom. The van der Waals surface area contributed by atoms with E-state index in [9.17, 15) is 24.0 Å². The first-order valence-corrected chi connectivity index (χ1v) is 16.1. The minimum atomic E-state index is -0.593. The van der Waals surface area contributed by atoms with E-state index in [4.69, 9.17) is 19.5 Å². The third kappa shape index (κ3) is 12.1. The zero-order chi connectivity index (χ0) is 34.0. The van der Waals surface area contributed by atoms with Crippen molar-refractivity contribution in [3.05, 3.63) is 58.3 Å². The summed E-state index contributed by atoms with van der Waals surface area (Å²) in [5.41, 5.74) is 4.53. The molecule has 3 rings (SSSR count). The fourth-order valence-electron chi connectivity index (χ4n) is 5.79. The van der Waals surface area contributed by atoms with Crippen LogP contribution in [0.2, 0.25) is 0 Å². The van der Waals surface area contributed by atoms with E-state index in [1.54, 1.807) is 14.2 Å². The first-order chi connectivity index (χ1) is 22.7. The van der Waals surface area contributed by atoms with Gasteiger partial charge in [0.15, 0.2) is 6.61 Å². The number of fused-ring (bicyclic) bond motifs is 3. The van der Waals surface area contributed by atoms with Crippen molar-refractivity contribution in [2.75, 3.05) is 47.2 Å². The average molecular weight is 661 g/mol. The maximum Gasteiger partial charge on any atom is 0.333 e. The fraction of sp³-hybridized carbons (Fsp3) is 0.559. The highest BCUT2D eigenvalue weighted by molar-refractivity contribution is 7.75. The maximum absolute atomic E-state index is 12.8. The molecule has 0 spiro atoms. The van der Waals surface area contributed by atoms with Gasteiger partial charge in [-0.1, -0.05) is 24.3 Å². The van der Waals surface area contributed by atoms with Gasteiger partial charge in [-0.05, 0) is 66.8 Å². The van der Waals surface area contributed by atoms with Crippen LogP contribution >= 0.6 is 12.8 Å². The van der Waals surface area contributed by atoms with Crippen LogP contribution in [0.25, 0.3) is 0 Å². The topological polar surface area (TPSA) is 146 Å². The standard InChI is InChI=1S/C34H46N2O9S/c1-42-16-5-8-25(37)6-3-7-26(38)18-23-11-13-27-28-14-12-24(36-33(40)10-4-9-32(39)35-15-17-43-2)20-30(28)31(29(27)19-23)21-44-34(41)22-45-46/h11-13,19-20,28,31,46H,3-10,14-18,21-22H2,1-2H3,(H,35,39)(H,36,40)/i/hT. The minimum absolute atomic E-state index is 0.0269. The molecular formula is C34H46N2O9S. The molecule has 0 saturated carbocycles. The second-order valence-corrected chi connectivity index (χ2v) is 11.7. The molecule has 2 N–H and O–H groups in total. The highest BCUT2D eigenvalue weighted by Crippen LogP contribution is 2.50. The lowest BCUT2D eigenvalue weighted by molar-refractivity contribution is -0.146. The van der Waals surface area contributed by atoms with E-state index < -0.39 is 5.97 Å². The molecule has 2 amide bonds. The number of Topliss-reactive ketones (excluding diaryl/α,β-unsaturated/α-hetero) is 2.